The van der Waals surface area contributed by atoms with E-state index < -0.39 is 12.2 Å². The smallest absolute Gasteiger partial charge is 0.250 e. The van der Waals surface area contributed by atoms with E-state index in [4.69, 9.17) is 9.47 Å². The molecular formula is C14H20N2O4. The van der Waals surface area contributed by atoms with Gasteiger partial charge in [-0.2, -0.15) is 0 Å². The highest BCUT2D eigenvalue weighted by Gasteiger charge is 2.22. The van der Waals surface area contributed by atoms with Crippen molar-refractivity contribution in [2.45, 2.75) is 12.2 Å². The van der Waals surface area contributed by atoms with Crippen molar-refractivity contribution in [1.29, 1.82) is 0 Å². The first kappa shape index (κ1) is 14.8. The SMILES string of the molecule is COc1cccc(C(O)CNC(=O)C2CNCCO2)c1. The zero-order valence-corrected chi connectivity index (χ0v) is 11.5. The van der Waals surface area contributed by atoms with E-state index in [2.05, 4.69) is 10.6 Å². The molecule has 6 heteroatoms. The minimum absolute atomic E-state index is 0.145. The van der Waals surface area contributed by atoms with Gasteiger partial charge in [0.05, 0.1) is 19.8 Å². The van der Waals surface area contributed by atoms with Gasteiger partial charge >= 0.3 is 0 Å². The maximum absolute atomic E-state index is 11.8. The summed E-state index contributed by atoms with van der Waals surface area (Å²) < 4.78 is 10.4. The third-order valence-electron chi connectivity index (χ3n) is 3.17. The molecule has 0 aromatic heterocycles. The second-order valence-electron chi connectivity index (χ2n) is 4.60. The summed E-state index contributed by atoms with van der Waals surface area (Å²) in [4.78, 5) is 11.8. The molecule has 110 valence electrons. The molecule has 3 N–H and O–H groups in total. The molecule has 1 heterocycles. The van der Waals surface area contributed by atoms with Crippen LogP contribution < -0.4 is 15.4 Å². The molecular weight excluding hydrogens is 260 g/mol. The Hall–Kier alpha value is -1.63. The summed E-state index contributed by atoms with van der Waals surface area (Å²) in [7, 11) is 1.57. The van der Waals surface area contributed by atoms with E-state index in [1.165, 1.54) is 0 Å². The molecule has 0 saturated carbocycles. The molecule has 0 spiro atoms. The van der Waals surface area contributed by atoms with Gasteiger partial charge in [0.2, 0.25) is 0 Å². The highest BCUT2D eigenvalue weighted by Crippen LogP contribution is 2.18. The second kappa shape index (κ2) is 7.23. The highest BCUT2D eigenvalue weighted by molar-refractivity contribution is 5.81. The number of methoxy groups -OCH3 is 1. The summed E-state index contributed by atoms with van der Waals surface area (Å²) in [6, 6.07) is 7.14. The fourth-order valence-electron chi connectivity index (χ4n) is 2.01. The molecule has 2 unspecified atom stereocenters. The molecule has 1 aliphatic heterocycles. The van der Waals surface area contributed by atoms with E-state index in [1.807, 2.05) is 0 Å². The number of aliphatic hydroxyl groups is 1. The maximum atomic E-state index is 11.8. The number of ether oxygens (including phenoxy) is 2. The largest absolute Gasteiger partial charge is 0.497 e. The van der Waals surface area contributed by atoms with Gasteiger partial charge in [-0.05, 0) is 17.7 Å². The van der Waals surface area contributed by atoms with Crippen molar-refractivity contribution in [3.63, 3.8) is 0 Å². The van der Waals surface area contributed by atoms with E-state index in [9.17, 15) is 9.90 Å². The number of hydrogen-bond acceptors (Lipinski definition) is 5. The lowest BCUT2D eigenvalue weighted by Crippen LogP contribution is -2.48. The molecule has 0 radical (unpaired) electrons. The zero-order valence-electron chi connectivity index (χ0n) is 11.5. The average Bonchev–Trinajstić information content (AvgIpc) is 2.53. The van der Waals surface area contributed by atoms with Crippen LogP contribution in [0.1, 0.15) is 11.7 Å². The van der Waals surface area contributed by atoms with E-state index in [0.29, 0.717) is 24.5 Å². The number of aliphatic hydroxyl groups excluding tert-OH is 1. The molecule has 1 amide bonds. The van der Waals surface area contributed by atoms with Gasteiger partial charge < -0.3 is 25.2 Å². The second-order valence-corrected chi connectivity index (χ2v) is 4.60. The third kappa shape index (κ3) is 3.93. The van der Waals surface area contributed by atoms with Crippen LogP contribution in [0.4, 0.5) is 0 Å². The van der Waals surface area contributed by atoms with Gasteiger partial charge in [0.1, 0.15) is 11.9 Å². The Balaban J connectivity index is 1.84. The van der Waals surface area contributed by atoms with Gasteiger partial charge in [-0.15, -0.1) is 0 Å². The van der Waals surface area contributed by atoms with E-state index >= 15 is 0 Å². The molecule has 20 heavy (non-hydrogen) atoms. The van der Waals surface area contributed by atoms with Crippen molar-refractivity contribution in [3.8, 4) is 5.75 Å². The third-order valence-corrected chi connectivity index (χ3v) is 3.17. The Morgan fingerprint density at radius 3 is 3.20 bits per heavy atom. The Morgan fingerprint density at radius 2 is 2.50 bits per heavy atom. The number of amides is 1. The van der Waals surface area contributed by atoms with Gasteiger partial charge in [-0.1, -0.05) is 12.1 Å². The number of benzene rings is 1. The molecule has 0 bridgehead atoms. The van der Waals surface area contributed by atoms with Crippen LogP contribution in [0.2, 0.25) is 0 Å². The summed E-state index contributed by atoms with van der Waals surface area (Å²) >= 11 is 0. The van der Waals surface area contributed by atoms with Crippen molar-refractivity contribution < 1.29 is 19.4 Å². The molecule has 1 aromatic rings. The van der Waals surface area contributed by atoms with Crippen LogP contribution in [0.25, 0.3) is 0 Å². The summed E-state index contributed by atoms with van der Waals surface area (Å²) in [6.45, 7) is 1.93. The molecule has 1 fully saturated rings. The van der Waals surface area contributed by atoms with Crippen LogP contribution in [0.3, 0.4) is 0 Å². The van der Waals surface area contributed by atoms with Gasteiger partial charge in [0.25, 0.3) is 5.91 Å². The predicted molar refractivity (Wildman–Crippen MR) is 73.6 cm³/mol. The van der Waals surface area contributed by atoms with E-state index in [1.54, 1.807) is 31.4 Å². The van der Waals surface area contributed by atoms with Crippen molar-refractivity contribution in [2.24, 2.45) is 0 Å². The molecule has 1 saturated heterocycles. The number of rotatable bonds is 5. The number of carbonyl (C=O) groups excluding carboxylic acids is 1. The molecule has 2 atom stereocenters. The van der Waals surface area contributed by atoms with Gasteiger partial charge in [-0.3, -0.25) is 4.79 Å². The number of nitrogens with one attached hydrogen (secondary N) is 2. The van der Waals surface area contributed by atoms with Gasteiger partial charge in [0.15, 0.2) is 0 Å². The quantitative estimate of drug-likeness (QED) is 0.698. The Kier molecular flexibility index (Phi) is 5.34. The zero-order chi connectivity index (χ0) is 14.4. The van der Waals surface area contributed by atoms with E-state index in [-0.39, 0.29) is 12.5 Å². The van der Waals surface area contributed by atoms with Crippen LogP contribution in [-0.4, -0.2) is 50.5 Å². The minimum Gasteiger partial charge on any atom is -0.497 e. The Morgan fingerprint density at radius 1 is 1.65 bits per heavy atom. The van der Waals surface area contributed by atoms with Crippen LogP contribution in [0.15, 0.2) is 24.3 Å². The van der Waals surface area contributed by atoms with Crippen LogP contribution in [0.5, 0.6) is 5.75 Å². The lowest BCUT2D eigenvalue weighted by molar-refractivity contribution is -0.134. The summed E-state index contributed by atoms with van der Waals surface area (Å²) in [6.07, 6.45) is -1.26. The van der Waals surface area contributed by atoms with Crippen molar-refractivity contribution in [1.82, 2.24) is 10.6 Å². The molecule has 0 aliphatic carbocycles. The van der Waals surface area contributed by atoms with Crippen molar-refractivity contribution >= 4 is 5.91 Å². The first-order chi connectivity index (χ1) is 9.70. The van der Waals surface area contributed by atoms with Crippen LogP contribution in [-0.2, 0) is 9.53 Å². The maximum Gasteiger partial charge on any atom is 0.250 e. The Labute approximate surface area is 118 Å². The van der Waals surface area contributed by atoms with Crippen LogP contribution >= 0.6 is 0 Å². The average molecular weight is 280 g/mol. The number of carbonyl (C=O) groups is 1. The Bertz CT molecular complexity index is 447. The first-order valence-corrected chi connectivity index (χ1v) is 6.62. The molecule has 2 rings (SSSR count). The van der Waals surface area contributed by atoms with Crippen LogP contribution in [0, 0.1) is 0 Å². The highest BCUT2D eigenvalue weighted by atomic mass is 16.5. The summed E-state index contributed by atoms with van der Waals surface area (Å²) in [5, 5.41) is 15.8. The summed E-state index contributed by atoms with van der Waals surface area (Å²) in [5.41, 5.74) is 0.701. The van der Waals surface area contributed by atoms with Crippen molar-refractivity contribution in [2.75, 3.05) is 33.4 Å². The lowest BCUT2D eigenvalue weighted by atomic mass is 10.1. The summed E-state index contributed by atoms with van der Waals surface area (Å²) in [5.74, 6) is 0.465. The fraction of sp³-hybridized carbons (Fsp3) is 0.500. The normalized spacial score (nSPS) is 20.2. The van der Waals surface area contributed by atoms with Gasteiger partial charge in [0, 0.05) is 19.6 Å². The van der Waals surface area contributed by atoms with Crippen molar-refractivity contribution in [3.05, 3.63) is 29.8 Å². The standard InChI is InChI=1S/C14H20N2O4/c1-19-11-4-2-3-10(7-11)12(17)8-16-14(18)13-9-15-5-6-20-13/h2-4,7,12-13,15,17H,5-6,8-9H2,1H3,(H,16,18). The number of hydrogen-bond donors (Lipinski definition) is 3. The fourth-order valence-corrected chi connectivity index (χ4v) is 2.01. The predicted octanol–water partition coefficient (Wildman–Crippen LogP) is -0.167. The molecule has 1 aromatic carbocycles. The topological polar surface area (TPSA) is 79.8 Å². The number of morpholine rings is 1. The monoisotopic (exact) mass is 280 g/mol. The minimum atomic E-state index is -0.773. The van der Waals surface area contributed by atoms with Gasteiger partial charge in [-0.25, -0.2) is 0 Å². The molecule has 1 aliphatic rings. The molecule has 6 nitrogen and oxygen atoms in total. The lowest BCUT2D eigenvalue weighted by Gasteiger charge is -2.23. The van der Waals surface area contributed by atoms with E-state index in [0.717, 1.165) is 6.54 Å². The first-order valence-electron chi connectivity index (χ1n) is 6.62.